The molecule has 0 radical (unpaired) electrons. The van der Waals surface area contributed by atoms with Crippen LogP contribution in [0.15, 0.2) is 76.0 Å². The van der Waals surface area contributed by atoms with Gasteiger partial charge < -0.3 is 98.9 Å². The molecule has 4 heterocycles. The van der Waals surface area contributed by atoms with Crippen LogP contribution in [0.2, 0.25) is 0 Å². The van der Waals surface area contributed by atoms with E-state index in [0.29, 0.717) is 5.56 Å². The van der Waals surface area contributed by atoms with Crippen LogP contribution in [0.25, 0.3) is 28.4 Å². The lowest BCUT2D eigenvalue weighted by molar-refractivity contribution is -0.348. The quantitative estimate of drug-likeness (QED) is 0.0524. The first-order valence-electron chi connectivity index (χ1n) is 19.3. The van der Waals surface area contributed by atoms with Gasteiger partial charge in [-0.15, -0.1) is 0 Å². The number of fused-ring (bicyclic) bond motifs is 1. The maximum Gasteiger partial charge on any atom is 0.330 e. The Bertz CT molecular complexity index is 2300. The van der Waals surface area contributed by atoms with Gasteiger partial charge in [0.15, 0.2) is 18.2 Å². The fourth-order valence-electron chi connectivity index (χ4n) is 6.95. The smallest absolute Gasteiger partial charge is 0.330 e. The lowest BCUT2D eigenvalue weighted by atomic mass is 9.98. The minimum absolute atomic E-state index is 0.00964. The average molecular weight is 889 g/mol. The number of phenols is 3. The molecule has 4 aromatic rings. The summed E-state index contributed by atoms with van der Waals surface area (Å²) in [7, 11) is 0. The second-order valence-electron chi connectivity index (χ2n) is 14.8. The number of benzene rings is 3. The molecule has 0 saturated carbocycles. The van der Waals surface area contributed by atoms with Crippen molar-refractivity contribution in [2.24, 2.45) is 0 Å². The van der Waals surface area contributed by atoms with Crippen LogP contribution >= 0.6 is 0 Å². The van der Waals surface area contributed by atoms with Gasteiger partial charge in [-0.1, -0.05) is 12.1 Å². The van der Waals surface area contributed by atoms with E-state index in [2.05, 4.69) is 0 Å². The van der Waals surface area contributed by atoms with Gasteiger partial charge in [-0.25, -0.2) is 4.79 Å². The highest BCUT2D eigenvalue weighted by molar-refractivity contribution is 5.88. The fraction of sp³-hybridized carbons (Fsp3) is 0.415. The third-order valence-electron chi connectivity index (χ3n) is 10.5. The van der Waals surface area contributed by atoms with Crippen molar-refractivity contribution < 1.29 is 104 Å². The summed E-state index contributed by atoms with van der Waals surface area (Å²) in [6, 6.07) is 13.0. The van der Waals surface area contributed by atoms with Crippen LogP contribution in [-0.2, 0) is 28.5 Å². The van der Waals surface area contributed by atoms with Gasteiger partial charge >= 0.3 is 5.97 Å². The van der Waals surface area contributed by atoms with Gasteiger partial charge in [0.05, 0.1) is 13.2 Å². The Morgan fingerprint density at radius 1 is 0.714 bits per heavy atom. The third kappa shape index (κ3) is 9.73. The molecule has 3 fully saturated rings. The highest BCUT2D eigenvalue weighted by Crippen LogP contribution is 2.39. The van der Waals surface area contributed by atoms with E-state index in [1.807, 2.05) is 0 Å². The van der Waals surface area contributed by atoms with E-state index in [4.69, 9.17) is 37.6 Å². The first-order chi connectivity index (χ1) is 30.0. The second-order valence-corrected chi connectivity index (χ2v) is 14.8. The maximum atomic E-state index is 14.3. The molecular formula is C41H44O22. The Balaban J connectivity index is 1.16. The predicted molar refractivity (Wildman–Crippen MR) is 208 cm³/mol. The number of hydrogen-bond acceptors (Lipinski definition) is 22. The highest BCUT2D eigenvalue weighted by atomic mass is 16.8. The van der Waals surface area contributed by atoms with Crippen molar-refractivity contribution in [1.29, 1.82) is 0 Å². The van der Waals surface area contributed by atoms with Crippen LogP contribution in [0.4, 0.5) is 0 Å². The molecule has 14 atom stereocenters. The molecule has 0 spiro atoms. The number of esters is 1. The summed E-state index contributed by atoms with van der Waals surface area (Å²) in [4.78, 5) is 26.8. The number of carbonyl (C=O) groups excluding carboxylic acids is 1. The summed E-state index contributed by atoms with van der Waals surface area (Å²) in [5.41, 5.74) is -0.779. The van der Waals surface area contributed by atoms with Gasteiger partial charge in [0.25, 0.3) is 0 Å². The van der Waals surface area contributed by atoms with Gasteiger partial charge in [-0.05, 0) is 48.0 Å². The standard InChI is InChI=1S/C41H44O22/c42-13-24-29(49)32(52)34(54)39(60-24)58-20-11-21(45)27-23(12-20)59-36(17-4-8-19(44)9-5-17)37(31(27)51)62-41-38(28(48)22(46)14-57-41)63-40-35(55)33(53)30(50)25(61-40)15-56-26(47)10-3-16-1-6-18(43)7-2-16/h1-12,22,24-25,28-30,32-35,38-46,48-50,52-55H,13-15H2/b10-3+/t22-,24+,25+,28-,29+,30+,32-,33-,34+,35+,38+,39+,40-,41-/m0/s1. The zero-order chi connectivity index (χ0) is 45.3. The van der Waals surface area contributed by atoms with Crippen molar-refractivity contribution in [3.63, 3.8) is 0 Å². The lowest BCUT2D eigenvalue weighted by Crippen LogP contribution is -2.63. The molecule has 0 bridgehead atoms. The molecule has 63 heavy (non-hydrogen) atoms. The van der Waals surface area contributed by atoms with Gasteiger partial charge in [0.2, 0.25) is 23.8 Å². The summed E-state index contributed by atoms with van der Waals surface area (Å²) in [5.74, 6) is -3.18. The van der Waals surface area contributed by atoms with Crippen LogP contribution in [0.5, 0.6) is 28.7 Å². The average Bonchev–Trinajstić information content (AvgIpc) is 3.26. The van der Waals surface area contributed by atoms with E-state index in [-0.39, 0.29) is 34.2 Å². The molecule has 0 aliphatic carbocycles. The van der Waals surface area contributed by atoms with E-state index < -0.39 is 134 Å². The topological polar surface area (TPSA) is 355 Å². The van der Waals surface area contributed by atoms with Gasteiger partial charge in [0, 0.05) is 23.8 Å². The fourth-order valence-corrected chi connectivity index (χ4v) is 6.95. The van der Waals surface area contributed by atoms with Gasteiger partial charge in [-0.2, -0.15) is 0 Å². The van der Waals surface area contributed by atoms with Crippen LogP contribution in [0, 0.1) is 0 Å². The predicted octanol–water partition coefficient (Wildman–Crippen LogP) is -2.34. The Hall–Kier alpha value is -5.44. The minimum Gasteiger partial charge on any atom is -0.508 e. The van der Waals surface area contributed by atoms with Crippen molar-refractivity contribution in [2.45, 2.75) is 86.0 Å². The Kier molecular flexibility index (Phi) is 13.8. The van der Waals surface area contributed by atoms with Crippen LogP contribution < -0.4 is 14.9 Å². The molecule has 22 nitrogen and oxygen atoms in total. The van der Waals surface area contributed by atoms with Gasteiger partial charge in [0.1, 0.15) is 102 Å². The number of phenolic OH excluding ortho intramolecular Hbond substituents is 3. The Morgan fingerprint density at radius 3 is 2.00 bits per heavy atom. The molecule has 3 aromatic carbocycles. The van der Waals surface area contributed by atoms with Crippen molar-refractivity contribution in [3.8, 4) is 40.1 Å². The zero-order valence-electron chi connectivity index (χ0n) is 32.6. The molecule has 7 rings (SSSR count). The molecule has 340 valence electrons. The largest absolute Gasteiger partial charge is 0.508 e. The van der Waals surface area contributed by atoms with Gasteiger partial charge in [-0.3, -0.25) is 4.79 Å². The zero-order valence-corrected chi connectivity index (χ0v) is 32.6. The van der Waals surface area contributed by atoms with Crippen LogP contribution in [-0.4, -0.2) is 173 Å². The summed E-state index contributed by atoms with van der Waals surface area (Å²) < 4.78 is 45.4. The summed E-state index contributed by atoms with van der Waals surface area (Å²) in [6.07, 6.45) is -22.5. The van der Waals surface area contributed by atoms with Crippen molar-refractivity contribution >= 4 is 23.0 Å². The van der Waals surface area contributed by atoms with Crippen molar-refractivity contribution in [1.82, 2.24) is 0 Å². The van der Waals surface area contributed by atoms with Crippen molar-refractivity contribution in [3.05, 3.63) is 82.5 Å². The van der Waals surface area contributed by atoms with E-state index >= 15 is 0 Å². The number of ether oxygens (including phenoxy) is 7. The number of hydrogen-bond donors (Lipinski definition) is 12. The SMILES string of the molecule is O=C(/C=C/c1ccc(O)cc1)OC[C@H]1O[C@@H](O[C@H]2[C@H](Oc3c(-c4ccc(O)cc4)oc4cc(O[C@@H]5O[C@H](CO)[C@@H](O)[C@H](O)[C@H]5O)cc(O)c4c3=O)OC[C@H](O)[C@@H]2O)[C@H](O)[C@@H](O)[C@@H]1O. The maximum absolute atomic E-state index is 14.3. The first-order valence-corrected chi connectivity index (χ1v) is 19.3. The molecule has 3 aliphatic rings. The highest BCUT2D eigenvalue weighted by Gasteiger charge is 2.50. The first kappa shape index (κ1) is 45.6. The lowest BCUT2D eigenvalue weighted by Gasteiger charge is -2.44. The molecule has 0 amide bonds. The number of aliphatic hydroxyl groups excluding tert-OH is 9. The monoisotopic (exact) mass is 888 g/mol. The molecule has 22 heteroatoms. The minimum atomic E-state index is -2.03. The summed E-state index contributed by atoms with van der Waals surface area (Å²) in [6.45, 7) is -2.04. The van der Waals surface area contributed by atoms with E-state index in [1.54, 1.807) is 0 Å². The van der Waals surface area contributed by atoms with E-state index in [9.17, 15) is 70.9 Å². The number of rotatable bonds is 12. The Morgan fingerprint density at radius 2 is 1.33 bits per heavy atom. The van der Waals surface area contributed by atoms with Crippen LogP contribution in [0.3, 0.4) is 0 Å². The molecular weight excluding hydrogens is 844 g/mol. The summed E-state index contributed by atoms with van der Waals surface area (Å²) in [5, 5.41) is 124. The van der Waals surface area contributed by atoms with E-state index in [0.717, 1.165) is 18.2 Å². The summed E-state index contributed by atoms with van der Waals surface area (Å²) >= 11 is 0. The number of aliphatic hydroxyl groups is 9. The normalized spacial score (nSPS) is 32.4. The van der Waals surface area contributed by atoms with E-state index in [1.165, 1.54) is 54.6 Å². The molecule has 0 unspecified atom stereocenters. The number of carbonyl (C=O) groups is 1. The van der Waals surface area contributed by atoms with Crippen molar-refractivity contribution in [2.75, 3.05) is 19.8 Å². The molecule has 12 N–H and O–H groups in total. The molecule has 1 aromatic heterocycles. The Labute approximate surface area is 354 Å². The second kappa shape index (κ2) is 19.1. The third-order valence-corrected chi connectivity index (χ3v) is 10.5. The molecule has 3 saturated heterocycles. The van der Waals surface area contributed by atoms with Crippen LogP contribution in [0.1, 0.15) is 5.56 Å². The molecule has 3 aliphatic heterocycles. The number of aromatic hydroxyl groups is 3.